The van der Waals surface area contributed by atoms with Crippen LogP contribution in [-0.2, 0) is 9.53 Å². The summed E-state index contributed by atoms with van der Waals surface area (Å²) in [6.07, 6.45) is 0.612. The van der Waals surface area contributed by atoms with Crippen molar-refractivity contribution in [2.45, 2.75) is 12.8 Å². The zero-order valence-corrected chi connectivity index (χ0v) is 11.3. The summed E-state index contributed by atoms with van der Waals surface area (Å²) in [6, 6.07) is 8.66. The first-order valence-corrected chi connectivity index (χ1v) is 6.04. The van der Waals surface area contributed by atoms with Crippen LogP contribution in [0, 0.1) is 0 Å². The van der Waals surface area contributed by atoms with Gasteiger partial charge in [0.15, 0.2) is 0 Å². The summed E-state index contributed by atoms with van der Waals surface area (Å²) in [5.74, 6) is -5.12. The van der Waals surface area contributed by atoms with E-state index in [-0.39, 0.29) is 6.61 Å². The smallest absolute Gasteiger partial charge is 0.381 e. The Hall–Kier alpha value is -0.980. The molecular weight excluding hydrogens is 341 g/mol. The number of rotatable bonds is 4. The van der Waals surface area contributed by atoms with Gasteiger partial charge in [0.2, 0.25) is 0 Å². The molecule has 2 nitrogen and oxygen atoms in total. The summed E-state index contributed by atoms with van der Waals surface area (Å²) in [4.78, 5) is 11.0. The first-order chi connectivity index (χ1) is 7.97. The van der Waals surface area contributed by atoms with Crippen LogP contribution < -0.4 is 0 Å². The highest BCUT2D eigenvalue weighted by molar-refractivity contribution is 14.1. The normalized spacial score (nSPS) is 12.4. The summed E-state index contributed by atoms with van der Waals surface area (Å²) in [6.45, 7) is 1.42. The van der Waals surface area contributed by atoms with E-state index in [1.807, 2.05) is 0 Å². The zero-order valence-electron chi connectivity index (χ0n) is 9.12. The molecule has 1 rings (SSSR count). The number of carbonyl (C=O) groups is 1. The van der Waals surface area contributed by atoms with Gasteiger partial charge in [0.25, 0.3) is 0 Å². The van der Waals surface area contributed by atoms with Crippen molar-refractivity contribution < 1.29 is 18.3 Å². The number of esters is 1. The van der Waals surface area contributed by atoms with E-state index in [2.05, 4.69) is 4.74 Å². The lowest BCUT2D eigenvalue weighted by Crippen LogP contribution is -2.28. The summed E-state index contributed by atoms with van der Waals surface area (Å²) in [7, 11) is 0. The maximum atomic E-state index is 13.4. The lowest BCUT2D eigenvalue weighted by molar-refractivity contribution is -0.164. The third kappa shape index (κ3) is 4.07. The van der Waals surface area contributed by atoms with Crippen LogP contribution in [0.25, 0.3) is 3.58 Å². The van der Waals surface area contributed by atoms with Crippen molar-refractivity contribution in [2.24, 2.45) is 0 Å². The summed E-state index contributed by atoms with van der Waals surface area (Å²) in [5.41, 5.74) is 0.636. The Morgan fingerprint density at radius 1 is 1.41 bits per heavy atom. The van der Waals surface area contributed by atoms with Gasteiger partial charge in [-0.05, 0) is 35.1 Å². The van der Waals surface area contributed by atoms with E-state index in [1.165, 1.54) is 6.92 Å². The van der Waals surface area contributed by atoms with Crippen LogP contribution in [0.2, 0.25) is 0 Å². The number of hydrogen-bond acceptors (Lipinski definition) is 2. The fourth-order valence-corrected chi connectivity index (χ4v) is 1.88. The van der Waals surface area contributed by atoms with Gasteiger partial charge in [-0.1, -0.05) is 30.3 Å². The molecule has 0 atom stereocenters. The standard InChI is InChI=1S/C12H11F2IO2/c1-2-17-11(16)12(13,14)8-10(15)9-6-4-3-5-7-9/h3-8H,2H2,1H3/b10-8+. The molecule has 1 aromatic carbocycles. The van der Waals surface area contributed by atoms with Gasteiger partial charge in [-0.2, -0.15) is 8.78 Å². The first-order valence-electron chi connectivity index (χ1n) is 4.96. The number of ether oxygens (including phenoxy) is 1. The van der Waals surface area contributed by atoms with Gasteiger partial charge in [0.1, 0.15) is 0 Å². The molecule has 0 bridgehead atoms. The highest BCUT2D eigenvalue weighted by atomic mass is 127. The Kier molecular flexibility index (Phi) is 5.04. The van der Waals surface area contributed by atoms with Crippen molar-refractivity contribution in [1.29, 1.82) is 0 Å². The van der Waals surface area contributed by atoms with Gasteiger partial charge in [-0.15, -0.1) is 0 Å². The lowest BCUT2D eigenvalue weighted by atomic mass is 10.2. The first kappa shape index (κ1) is 14.1. The lowest BCUT2D eigenvalue weighted by Gasteiger charge is -2.11. The maximum Gasteiger partial charge on any atom is 0.381 e. The SMILES string of the molecule is CCOC(=O)C(F)(F)/C=C(/I)c1ccccc1. The molecule has 0 heterocycles. The summed E-state index contributed by atoms with van der Waals surface area (Å²) in [5, 5.41) is 0. The van der Waals surface area contributed by atoms with Crippen molar-refractivity contribution in [2.75, 3.05) is 6.61 Å². The Bertz CT molecular complexity index is 416. The Morgan fingerprint density at radius 2 is 2.00 bits per heavy atom. The van der Waals surface area contributed by atoms with Crippen LogP contribution in [0.5, 0.6) is 0 Å². The number of halogens is 3. The molecule has 5 heteroatoms. The molecule has 0 aliphatic rings. The van der Waals surface area contributed by atoms with Gasteiger partial charge in [-0.3, -0.25) is 0 Å². The summed E-state index contributed by atoms with van der Waals surface area (Å²) < 4.78 is 31.4. The zero-order chi connectivity index (χ0) is 12.9. The largest absolute Gasteiger partial charge is 0.461 e. The van der Waals surface area contributed by atoms with Crippen LogP contribution in [-0.4, -0.2) is 18.5 Å². The van der Waals surface area contributed by atoms with Crippen LogP contribution in [0.1, 0.15) is 12.5 Å². The second-order valence-corrected chi connectivity index (χ2v) is 4.36. The van der Waals surface area contributed by atoms with E-state index in [0.29, 0.717) is 15.2 Å². The van der Waals surface area contributed by atoms with Crippen molar-refractivity contribution in [1.82, 2.24) is 0 Å². The molecule has 0 amide bonds. The highest BCUT2D eigenvalue weighted by Crippen LogP contribution is 2.28. The van der Waals surface area contributed by atoms with Gasteiger partial charge in [0.05, 0.1) is 6.61 Å². The second kappa shape index (κ2) is 6.09. The monoisotopic (exact) mass is 352 g/mol. The molecule has 0 spiro atoms. The van der Waals surface area contributed by atoms with Crippen LogP contribution in [0.4, 0.5) is 8.78 Å². The predicted molar refractivity (Wildman–Crippen MR) is 70.0 cm³/mol. The molecular formula is C12H11F2IO2. The van der Waals surface area contributed by atoms with Crippen LogP contribution in [0.15, 0.2) is 36.4 Å². The Morgan fingerprint density at radius 3 is 2.53 bits per heavy atom. The molecule has 0 aliphatic heterocycles. The quantitative estimate of drug-likeness (QED) is 0.611. The number of alkyl halides is 2. The van der Waals surface area contributed by atoms with E-state index < -0.39 is 11.9 Å². The van der Waals surface area contributed by atoms with E-state index in [1.54, 1.807) is 52.9 Å². The molecule has 0 aliphatic carbocycles. The molecule has 0 saturated heterocycles. The third-order valence-electron chi connectivity index (χ3n) is 1.91. The van der Waals surface area contributed by atoms with Crippen molar-refractivity contribution in [3.8, 4) is 0 Å². The molecule has 0 fully saturated rings. The van der Waals surface area contributed by atoms with Crippen LogP contribution >= 0.6 is 22.6 Å². The predicted octanol–water partition coefficient (Wildman–Crippen LogP) is 3.66. The minimum absolute atomic E-state index is 0.0653. The molecule has 0 unspecified atom stereocenters. The van der Waals surface area contributed by atoms with Crippen molar-refractivity contribution >= 4 is 32.1 Å². The molecule has 0 saturated carbocycles. The molecule has 92 valence electrons. The molecule has 0 N–H and O–H groups in total. The number of benzene rings is 1. The fourth-order valence-electron chi connectivity index (χ4n) is 1.13. The summed E-state index contributed by atoms with van der Waals surface area (Å²) >= 11 is 1.77. The molecule has 1 aromatic rings. The second-order valence-electron chi connectivity index (χ2n) is 3.20. The average molecular weight is 352 g/mol. The highest BCUT2D eigenvalue weighted by Gasteiger charge is 2.38. The van der Waals surface area contributed by atoms with Crippen LogP contribution in [0.3, 0.4) is 0 Å². The molecule has 0 radical (unpaired) electrons. The average Bonchev–Trinajstić information content (AvgIpc) is 2.30. The van der Waals surface area contributed by atoms with Gasteiger partial charge >= 0.3 is 11.9 Å². The van der Waals surface area contributed by atoms with Crippen molar-refractivity contribution in [3.05, 3.63) is 42.0 Å². The fraction of sp³-hybridized carbons (Fsp3) is 0.250. The third-order valence-corrected chi connectivity index (χ3v) is 2.84. The van der Waals surface area contributed by atoms with Crippen molar-refractivity contribution in [3.63, 3.8) is 0 Å². The van der Waals surface area contributed by atoms with E-state index in [0.717, 1.165) is 0 Å². The topological polar surface area (TPSA) is 26.3 Å². The number of hydrogen-bond donors (Lipinski definition) is 0. The molecule has 17 heavy (non-hydrogen) atoms. The minimum Gasteiger partial charge on any atom is -0.461 e. The van der Waals surface area contributed by atoms with Gasteiger partial charge in [-0.25, -0.2) is 4.79 Å². The molecule has 0 aromatic heterocycles. The van der Waals surface area contributed by atoms with Gasteiger partial charge in [0, 0.05) is 9.66 Å². The van der Waals surface area contributed by atoms with E-state index in [4.69, 9.17) is 0 Å². The van der Waals surface area contributed by atoms with Gasteiger partial charge < -0.3 is 4.74 Å². The van der Waals surface area contributed by atoms with E-state index >= 15 is 0 Å². The van der Waals surface area contributed by atoms with E-state index in [9.17, 15) is 13.6 Å². The minimum atomic E-state index is -3.59. The number of carbonyl (C=O) groups excluding carboxylic acids is 1. The maximum absolute atomic E-state index is 13.4. The Labute approximate surface area is 112 Å². The Balaban J connectivity index is 2.91.